The van der Waals surface area contributed by atoms with E-state index in [4.69, 9.17) is 4.74 Å². The Morgan fingerprint density at radius 2 is 1.77 bits per heavy atom. The van der Waals surface area contributed by atoms with Gasteiger partial charge >= 0.3 is 6.03 Å². The number of amides is 3. The standard InChI is InChI=1S/C32H35N7O7S/c1-36-12-9-22(10-13-36)37-14-16-38(17-15-37)31(43)35-32(24-4-3-11-34-29(24)46-2)25-18-21(20-33)5-7-26(25)39(30(32)42)47(44,45)28-8-6-23(40)19-27(28)41/h3-8,11,18-19,22,40-41H,9-10,12-17H2,1-2H3,(H,35,43). The summed E-state index contributed by atoms with van der Waals surface area (Å²) in [6.45, 7) is 4.04. The van der Waals surface area contributed by atoms with E-state index in [9.17, 15) is 33.5 Å². The average Bonchev–Trinajstić information content (AvgIpc) is 3.32. The average molecular weight is 662 g/mol. The molecule has 2 aromatic carbocycles. The van der Waals surface area contributed by atoms with Gasteiger partial charge in [-0.05, 0) is 75.4 Å². The number of phenolic OH excluding ortho intramolecular Hbond substituents is 2. The van der Waals surface area contributed by atoms with Gasteiger partial charge in [-0.15, -0.1) is 0 Å². The Bertz CT molecular complexity index is 1870. The lowest BCUT2D eigenvalue weighted by Crippen LogP contribution is -2.61. The van der Waals surface area contributed by atoms with Gasteiger partial charge in [0.25, 0.3) is 15.9 Å². The van der Waals surface area contributed by atoms with Gasteiger partial charge in [0.15, 0.2) is 5.54 Å². The summed E-state index contributed by atoms with van der Waals surface area (Å²) in [6, 6.07) is 11.7. The number of pyridine rings is 1. The van der Waals surface area contributed by atoms with Crippen molar-refractivity contribution in [1.82, 2.24) is 25.0 Å². The molecule has 1 aromatic heterocycles. The zero-order valence-corrected chi connectivity index (χ0v) is 26.8. The number of aromatic hydroxyl groups is 2. The number of piperidine rings is 1. The molecule has 47 heavy (non-hydrogen) atoms. The van der Waals surface area contributed by atoms with Crippen LogP contribution in [0.5, 0.6) is 17.4 Å². The van der Waals surface area contributed by atoms with Crippen molar-refractivity contribution in [2.24, 2.45) is 0 Å². The summed E-state index contributed by atoms with van der Waals surface area (Å²) in [7, 11) is -1.41. The zero-order valence-electron chi connectivity index (χ0n) is 26.0. The Hall–Kier alpha value is -4.91. The maximum atomic E-state index is 14.9. The van der Waals surface area contributed by atoms with E-state index in [0.717, 1.165) is 44.1 Å². The monoisotopic (exact) mass is 661 g/mol. The van der Waals surface area contributed by atoms with Gasteiger partial charge in [0.05, 0.1) is 30.0 Å². The number of nitrogens with one attached hydrogen (secondary N) is 1. The van der Waals surface area contributed by atoms with Crippen LogP contribution in [0.3, 0.4) is 0 Å². The number of carbonyl (C=O) groups excluding carboxylic acids is 2. The number of fused-ring (bicyclic) bond motifs is 1. The second-order valence-electron chi connectivity index (χ2n) is 11.9. The molecule has 15 heteroatoms. The molecule has 1 unspecified atom stereocenters. The number of ether oxygens (including phenoxy) is 1. The van der Waals surface area contributed by atoms with Gasteiger partial charge in [0.2, 0.25) is 5.88 Å². The van der Waals surface area contributed by atoms with Crippen LogP contribution in [0.1, 0.15) is 29.5 Å². The molecule has 14 nitrogen and oxygen atoms in total. The molecule has 1 atom stereocenters. The fourth-order valence-electron chi connectivity index (χ4n) is 6.70. The summed E-state index contributed by atoms with van der Waals surface area (Å²) in [5.74, 6) is -2.31. The molecule has 6 rings (SSSR count). The molecule has 2 fully saturated rings. The van der Waals surface area contributed by atoms with E-state index in [1.165, 1.54) is 43.6 Å². The van der Waals surface area contributed by atoms with Crippen LogP contribution in [0.15, 0.2) is 59.6 Å². The molecule has 246 valence electrons. The Balaban J connectivity index is 1.43. The molecule has 3 aliphatic heterocycles. The predicted octanol–water partition coefficient (Wildman–Crippen LogP) is 1.77. The zero-order chi connectivity index (χ0) is 33.5. The van der Waals surface area contributed by atoms with E-state index < -0.39 is 38.1 Å². The van der Waals surface area contributed by atoms with Gasteiger partial charge < -0.3 is 30.1 Å². The smallest absolute Gasteiger partial charge is 0.318 e. The maximum Gasteiger partial charge on any atom is 0.318 e. The number of likely N-dealkylation sites (tertiary alicyclic amines) is 1. The third kappa shape index (κ3) is 5.47. The molecule has 0 radical (unpaired) electrons. The molecular formula is C32H35N7O7S. The fourth-order valence-corrected chi connectivity index (χ4v) is 8.23. The van der Waals surface area contributed by atoms with Crippen LogP contribution >= 0.6 is 0 Å². The van der Waals surface area contributed by atoms with Gasteiger partial charge in [-0.1, -0.05) is 0 Å². The number of aromatic nitrogens is 1. The summed E-state index contributed by atoms with van der Waals surface area (Å²) in [5.41, 5.74) is -2.18. The molecule has 4 heterocycles. The lowest BCUT2D eigenvalue weighted by atomic mass is 9.83. The number of nitriles is 1. The summed E-state index contributed by atoms with van der Waals surface area (Å²) >= 11 is 0. The van der Waals surface area contributed by atoms with E-state index in [1.54, 1.807) is 4.90 Å². The van der Waals surface area contributed by atoms with Crippen molar-refractivity contribution < 1.29 is 33.0 Å². The third-order valence-corrected chi connectivity index (χ3v) is 10.9. The Labute approximate surface area is 272 Å². The molecule has 0 bridgehead atoms. The first-order valence-electron chi connectivity index (χ1n) is 15.2. The molecule has 2 saturated heterocycles. The first-order chi connectivity index (χ1) is 22.5. The molecule has 0 aliphatic carbocycles. The van der Waals surface area contributed by atoms with Crippen LogP contribution in [0.2, 0.25) is 0 Å². The van der Waals surface area contributed by atoms with Crippen molar-refractivity contribution >= 4 is 27.6 Å². The van der Waals surface area contributed by atoms with Crippen molar-refractivity contribution in [3.63, 3.8) is 0 Å². The number of benzene rings is 2. The first-order valence-corrected chi connectivity index (χ1v) is 16.6. The van der Waals surface area contributed by atoms with Crippen LogP contribution in [-0.4, -0.2) is 110 Å². The van der Waals surface area contributed by atoms with Crippen molar-refractivity contribution in [1.29, 1.82) is 5.26 Å². The highest BCUT2D eigenvalue weighted by molar-refractivity contribution is 7.93. The lowest BCUT2D eigenvalue weighted by Gasteiger charge is -2.43. The van der Waals surface area contributed by atoms with Crippen molar-refractivity contribution in [2.75, 3.05) is 57.7 Å². The summed E-state index contributed by atoms with van der Waals surface area (Å²) in [5, 5.41) is 33.0. The molecule has 3 amide bonds. The summed E-state index contributed by atoms with van der Waals surface area (Å²) in [6.07, 6.45) is 3.51. The van der Waals surface area contributed by atoms with Gasteiger partial charge in [0.1, 0.15) is 16.4 Å². The summed E-state index contributed by atoms with van der Waals surface area (Å²) in [4.78, 5) is 38.9. The fraction of sp³-hybridized carbons (Fsp3) is 0.375. The van der Waals surface area contributed by atoms with Crippen molar-refractivity contribution in [3.05, 3.63) is 71.4 Å². The largest absolute Gasteiger partial charge is 0.508 e. The second-order valence-corrected chi connectivity index (χ2v) is 13.6. The second kappa shape index (κ2) is 12.4. The lowest BCUT2D eigenvalue weighted by molar-refractivity contribution is -0.121. The highest BCUT2D eigenvalue weighted by Crippen LogP contribution is 2.49. The number of nitrogens with zero attached hydrogens (tertiary/aromatic N) is 6. The van der Waals surface area contributed by atoms with Crippen LogP contribution in [0.25, 0.3) is 0 Å². The van der Waals surface area contributed by atoms with Gasteiger partial charge in [0, 0.05) is 50.0 Å². The molecule has 3 aromatic rings. The normalized spacial score (nSPS) is 20.9. The highest BCUT2D eigenvalue weighted by atomic mass is 32.2. The summed E-state index contributed by atoms with van der Waals surface area (Å²) < 4.78 is 34.4. The van der Waals surface area contributed by atoms with E-state index >= 15 is 0 Å². The number of rotatable bonds is 6. The number of piperazine rings is 1. The van der Waals surface area contributed by atoms with Crippen molar-refractivity contribution in [3.8, 4) is 23.4 Å². The Morgan fingerprint density at radius 1 is 1.04 bits per heavy atom. The minimum absolute atomic E-state index is 0.00741. The quantitative estimate of drug-likeness (QED) is 0.351. The number of carbonyl (C=O) groups is 2. The number of sulfonamides is 1. The molecule has 3 aliphatic rings. The first kappa shape index (κ1) is 32.0. The SMILES string of the molecule is COc1ncccc1C1(NC(=O)N2CCN(C3CCN(C)CC3)CC2)C(=O)N(S(=O)(=O)c2ccc(O)cc2O)c2ccc(C#N)cc21. The number of anilines is 1. The minimum Gasteiger partial charge on any atom is -0.508 e. The van der Waals surface area contributed by atoms with Crippen LogP contribution in [0.4, 0.5) is 10.5 Å². The van der Waals surface area contributed by atoms with E-state index in [0.29, 0.717) is 36.5 Å². The number of hydrogen-bond donors (Lipinski definition) is 3. The number of hydrogen-bond acceptors (Lipinski definition) is 11. The minimum atomic E-state index is -4.85. The van der Waals surface area contributed by atoms with Crippen molar-refractivity contribution in [2.45, 2.75) is 29.3 Å². The third-order valence-electron chi connectivity index (χ3n) is 9.18. The number of urea groups is 1. The van der Waals surface area contributed by atoms with E-state index in [2.05, 4.69) is 27.1 Å². The Kier molecular flexibility index (Phi) is 8.43. The topological polar surface area (TPSA) is 180 Å². The maximum absolute atomic E-state index is 14.9. The van der Waals surface area contributed by atoms with Gasteiger partial charge in [-0.3, -0.25) is 9.69 Å². The van der Waals surface area contributed by atoms with E-state index in [-0.39, 0.29) is 34.0 Å². The number of phenols is 2. The van der Waals surface area contributed by atoms with Gasteiger partial charge in [-0.2, -0.15) is 9.57 Å². The number of methoxy groups -OCH3 is 1. The van der Waals surface area contributed by atoms with E-state index in [1.807, 2.05) is 6.07 Å². The van der Waals surface area contributed by atoms with Gasteiger partial charge in [-0.25, -0.2) is 18.2 Å². The molecule has 0 saturated carbocycles. The van der Waals surface area contributed by atoms with Crippen LogP contribution in [-0.2, 0) is 20.4 Å². The molecule has 0 spiro atoms. The van der Waals surface area contributed by atoms with Crippen LogP contribution < -0.4 is 14.4 Å². The molecule has 3 N–H and O–H groups in total. The molecular weight excluding hydrogens is 626 g/mol. The Morgan fingerprint density at radius 3 is 2.43 bits per heavy atom. The predicted molar refractivity (Wildman–Crippen MR) is 169 cm³/mol. The van der Waals surface area contributed by atoms with Crippen LogP contribution in [0, 0.1) is 11.3 Å². The highest BCUT2D eigenvalue weighted by Gasteiger charge is 2.59.